The number of piperazine rings is 1. The summed E-state index contributed by atoms with van der Waals surface area (Å²) >= 11 is 8.31. The summed E-state index contributed by atoms with van der Waals surface area (Å²) in [6.07, 6.45) is 3.10. The number of benzene rings is 1. The third-order valence-electron chi connectivity index (χ3n) is 7.98. The molecule has 2 amide bonds. The normalized spacial score (nSPS) is 16.8. The van der Waals surface area contributed by atoms with Gasteiger partial charge in [-0.05, 0) is 43.2 Å². The number of anilines is 2. The third kappa shape index (κ3) is 5.57. The molecule has 0 aliphatic carbocycles. The Hall–Kier alpha value is -4.29. The maximum absolute atomic E-state index is 15.6. The number of rotatable bonds is 3. The van der Waals surface area contributed by atoms with Crippen LogP contribution in [0.25, 0.3) is 28.0 Å². The highest BCUT2D eigenvalue weighted by atomic mass is 35.5. The first kappa shape index (κ1) is 30.7. The molecule has 232 valence electrons. The van der Waals surface area contributed by atoms with Gasteiger partial charge in [-0.15, -0.1) is 11.8 Å². The van der Waals surface area contributed by atoms with Crippen molar-refractivity contribution in [2.75, 3.05) is 35.6 Å². The largest absolute Gasteiger partial charge is 0.355 e. The Kier molecular flexibility index (Phi) is 8.36. The van der Waals surface area contributed by atoms with Crippen molar-refractivity contribution in [3.63, 3.8) is 0 Å². The first-order chi connectivity index (χ1) is 21.6. The van der Waals surface area contributed by atoms with Gasteiger partial charge in [0.15, 0.2) is 5.65 Å². The fourth-order valence-corrected chi connectivity index (χ4v) is 7.10. The van der Waals surface area contributed by atoms with Crippen LogP contribution in [0.4, 0.5) is 15.9 Å². The van der Waals surface area contributed by atoms with Crippen LogP contribution >= 0.6 is 23.4 Å². The summed E-state index contributed by atoms with van der Waals surface area (Å²) in [4.78, 5) is 58.1. The van der Waals surface area contributed by atoms with Gasteiger partial charge in [0.05, 0.1) is 38.7 Å². The summed E-state index contributed by atoms with van der Waals surface area (Å²) in [6, 6.07) is 7.61. The first-order valence-corrected chi connectivity index (χ1v) is 16.0. The molecule has 5 heterocycles. The summed E-state index contributed by atoms with van der Waals surface area (Å²) in [5.74, 6) is -0.423. The monoisotopic (exact) mass is 647 g/mol. The van der Waals surface area contributed by atoms with Gasteiger partial charge in [-0.3, -0.25) is 14.6 Å². The molecule has 1 N–H and O–H groups in total. The Morgan fingerprint density at radius 2 is 2.02 bits per heavy atom. The van der Waals surface area contributed by atoms with Crippen LogP contribution in [0.1, 0.15) is 38.8 Å². The number of hydrogen-bond acceptors (Lipinski definition) is 8. The molecule has 2 aliphatic rings. The highest BCUT2D eigenvalue weighted by Crippen LogP contribution is 2.40. The number of fused-ring (bicyclic) bond motifs is 5. The molecule has 10 nitrogen and oxygen atoms in total. The van der Waals surface area contributed by atoms with E-state index in [-0.39, 0.29) is 57.8 Å². The lowest BCUT2D eigenvalue weighted by atomic mass is 10.1. The average molecular weight is 648 g/mol. The van der Waals surface area contributed by atoms with Gasteiger partial charge in [0.25, 0.3) is 0 Å². The van der Waals surface area contributed by atoms with E-state index in [9.17, 15) is 14.4 Å². The van der Waals surface area contributed by atoms with E-state index < -0.39 is 11.5 Å². The standard InChI is InChI=1S/C32H31ClFN7O3S/c1-5-25(43)39-12-13-40(18(4)16-39)30-19-15-20(33)28-26-21(34)7-6-8-22(26)36-24(42)10-14-45-23-9-11-35-27(17(2)3)29(23)41(31(19)37-28)32(44)38-30/h5-9,11,15,17-18H,1,10,12-14,16H2,2-4H3,(H,36,42)/t18-/m1/s1. The smallest absolute Gasteiger partial charge is 0.350 e. The van der Waals surface area contributed by atoms with Crippen LogP contribution in [0.2, 0.25) is 5.02 Å². The van der Waals surface area contributed by atoms with E-state index >= 15 is 4.39 Å². The molecule has 1 fully saturated rings. The van der Waals surface area contributed by atoms with Crippen LogP contribution in [0.3, 0.4) is 0 Å². The zero-order valence-electron chi connectivity index (χ0n) is 25.0. The SMILES string of the molecule is C=CC(=O)N1CCN(c2nc(=O)n3c4nc(c(Cl)cc24)-c2c(F)cccc2NC(=O)CCSc2ccnc(C(C)C)c2-3)[C@H](C)C1. The number of nitrogens with zero attached hydrogens (tertiary/aromatic N) is 6. The second-order valence-corrected chi connectivity index (χ2v) is 12.8. The predicted octanol–water partition coefficient (Wildman–Crippen LogP) is 5.42. The molecule has 2 aliphatic heterocycles. The quantitative estimate of drug-likeness (QED) is 0.294. The lowest BCUT2D eigenvalue weighted by Crippen LogP contribution is -2.54. The van der Waals surface area contributed by atoms with Crippen molar-refractivity contribution in [2.45, 2.75) is 44.0 Å². The van der Waals surface area contributed by atoms with Crippen molar-refractivity contribution in [2.24, 2.45) is 0 Å². The lowest BCUT2D eigenvalue weighted by molar-refractivity contribution is -0.126. The van der Waals surface area contributed by atoms with Crippen molar-refractivity contribution in [3.8, 4) is 16.9 Å². The maximum Gasteiger partial charge on any atom is 0.355 e. The molecule has 3 aromatic heterocycles. The van der Waals surface area contributed by atoms with E-state index in [1.54, 1.807) is 29.3 Å². The molecular weight excluding hydrogens is 617 g/mol. The van der Waals surface area contributed by atoms with Crippen molar-refractivity contribution in [1.82, 2.24) is 24.4 Å². The average Bonchev–Trinajstić information content (AvgIpc) is 3.01. The van der Waals surface area contributed by atoms with Crippen molar-refractivity contribution in [1.29, 1.82) is 0 Å². The Morgan fingerprint density at radius 3 is 2.76 bits per heavy atom. The fourth-order valence-electron chi connectivity index (χ4n) is 5.85. The highest BCUT2D eigenvalue weighted by Gasteiger charge is 2.31. The van der Waals surface area contributed by atoms with Gasteiger partial charge in [0, 0.05) is 48.9 Å². The molecule has 0 spiro atoms. The van der Waals surface area contributed by atoms with Gasteiger partial charge in [-0.1, -0.05) is 38.1 Å². The van der Waals surface area contributed by atoms with E-state index in [0.717, 1.165) is 4.90 Å². The summed E-state index contributed by atoms with van der Waals surface area (Å²) < 4.78 is 17.0. The Labute approximate surface area is 268 Å². The molecule has 45 heavy (non-hydrogen) atoms. The number of carbonyl (C=O) groups excluding carboxylic acids is 2. The third-order valence-corrected chi connectivity index (χ3v) is 9.32. The summed E-state index contributed by atoms with van der Waals surface area (Å²) in [6.45, 7) is 10.7. The molecule has 0 saturated carbocycles. The summed E-state index contributed by atoms with van der Waals surface area (Å²) in [5.41, 5.74) is 1.09. The zero-order valence-corrected chi connectivity index (χ0v) is 26.6. The number of carbonyl (C=O) groups is 2. The number of amides is 2. The fraction of sp³-hybridized carbons (Fsp3) is 0.312. The molecule has 2 bridgehead atoms. The number of hydrogen-bond donors (Lipinski definition) is 1. The molecule has 0 unspecified atom stereocenters. The highest BCUT2D eigenvalue weighted by molar-refractivity contribution is 7.99. The summed E-state index contributed by atoms with van der Waals surface area (Å²) in [5, 5.41) is 3.41. The number of pyridine rings is 2. The van der Waals surface area contributed by atoms with E-state index in [1.807, 2.05) is 25.7 Å². The molecule has 1 aromatic carbocycles. The van der Waals surface area contributed by atoms with Crippen LogP contribution in [0.5, 0.6) is 0 Å². The van der Waals surface area contributed by atoms with Crippen LogP contribution in [-0.2, 0) is 9.59 Å². The predicted molar refractivity (Wildman–Crippen MR) is 175 cm³/mol. The molecular formula is C32H31ClFN7O3S. The number of aromatic nitrogens is 4. The number of nitrogens with one attached hydrogen (secondary N) is 1. The van der Waals surface area contributed by atoms with Crippen molar-refractivity contribution in [3.05, 3.63) is 76.2 Å². The lowest BCUT2D eigenvalue weighted by Gasteiger charge is -2.40. The van der Waals surface area contributed by atoms with Crippen LogP contribution in [0, 0.1) is 5.82 Å². The molecule has 13 heteroatoms. The van der Waals surface area contributed by atoms with Gasteiger partial charge in [-0.25, -0.2) is 18.7 Å². The van der Waals surface area contributed by atoms with E-state index in [4.69, 9.17) is 16.6 Å². The minimum Gasteiger partial charge on any atom is -0.350 e. The molecule has 1 saturated heterocycles. The molecule has 0 radical (unpaired) electrons. The van der Waals surface area contributed by atoms with E-state index in [1.165, 1.54) is 34.5 Å². The van der Waals surface area contributed by atoms with Gasteiger partial charge in [0.2, 0.25) is 11.8 Å². The first-order valence-electron chi connectivity index (χ1n) is 14.6. The second-order valence-electron chi connectivity index (χ2n) is 11.3. The van der Waals surface area contributed by atoms with Gasteiger partial charge in [0.1, 0.15) is 11.6 Å². The van der Waals surface area contributed by atoms with Crippen molar-refractivity contribution < 1.29 is 14.0 Å². The van der Waals surface area contributed by atoms with Crippen LogP contribution < -0.4 is 15.9 Å². The minimum atomic E-state index is -0.629. The van der Waals surface area contributed by atoms with Crippen LogP contribution in [-0.4, -0.2) is 67.7 Å². The van der Waals surface area contributed by atoms with Crippen LogP contribution in [0.15, 0.2) is 58.9 Å². The second kappa shape index (κ2) is 12.2. The Bertz CT molecular complexity index is 1930. The van der Waals surface area contributed by atoms with Gasteiger partial charge < -0.3 is 15.1 Å². The number of halogens is 2. The van der Waals surface area contributed by atoms with E-state index in [2.05, 4.69) is 21.9 Å². The maximum atomic E-state index is 15.6. The minimum absolute atomic E-state index is 0.0161. The van der Waals surface area contributed by atoms with Gasteiger partial charge in [-0.2, -0.15) is 4.98 Å². The Morgan fingerprint density at radius 1 is 1.22 bits per heavy atom. The topological polar surface area (TPSA) is 113 Å². The zero-order chi connectivity index (χ0) is 32.0. The van der Waals surface area contributed by atoms with E-state index in [0.29, 0.717) is 48.0 Å². The molecule has 1 atom stereocenters. The summed E-state index contributed by atoms with van der Waals surface area (Å²) in [7, 11) is 0. The number of thioether (sulfide) groups is 1. The Balaban J connectivity index is 1.69. The molecule has 4 aromatic rings. The van der Waals surface area contributed by atoms with Gasteiger partial charge >= 0.3 is 5.69 Å². The van der Waals surface area contributed by atoms with Crippen molar-refractivity contribution >= 4 is 57.7 Å². The molecule has 6 rings (SSSR count).